The van der Waals surface area contributed by atoms with E-state index in [0.29, 0.717) is 25.6 Å². The Balaban J connectivity index is 1.90. The number of thiophene rings is 1. The van der Waals surface area contributed by atoms with Crippen molar-refractivity contribution < 1.29 is 9.53 Å². The molecule has 1 fully saturated rings. The monoisotopic (exact) mass is 282 g/mol. The summed E-state index contributed by atoms with van der Waals surface area (Å²) in [6.07, 6.45) is 0.0221. The Hall–Kier alpha value is -0.910. The van der Waals surface area contributed by atoms with Crippen LogP contribution in [0.1, 0.15) is 29.8 Å². The first-order valence-corrected chi connectivity index (χ1v) is 7.56. The minimum atomic E-state index is 0.0221. The van der Waals surface area contributed by atoms with E-state index < -0.39 is 0 Å². The number of amides is 1. The smallest absolute Gasteiger partial charge is 0.238 e. The average molecular weight is 282 g/mol. The van der Waals surface area contributed by atoms with Crippen LogP contribution >= 0.6 is 11.3 Å². The number of ether oxygens (including phenoxy) is 1. The molecule has 1 unspecified atom stereocenters. The van der Waals surface area contributed by atoms with Crippen LogP contribution in [0.15, 0.2) is 12.1 Å². The van der Waals surface area contributed by atoms with Crippen LogP contribution in [0.5, 0.6) is 0 Å². The van der Waals surface area contributed by atoms with Crippen LogP contribution in [-0.2, 0) is 9.53 Å². The van der Waals surface area contributed by atoms with Crippen molar-refractivity contribution in [3.05, 3.63) is 21.9 Å². The number of nitrogens with one attached hydrogen (secondary N) is 1. The van der Waals surface area contributed by atoms with Crippen molar-refractivity contribution in [3.63, 3.8) is 0 Å². The highest BCUT2D eigenvalue weighted by atomic mass is 32.1. The number of aryl methyl sites for hydroxylation is 1. The zero-order valence-electron chi connectivity index (χ0n) is 11.8. The number of carbonyl (C=O) groups is 1. The minimum absolute atomic E-state index is 0.0221. The van der Waals surface area contributed by atoms with Gasteiger partial charge < -0.3 is 9.64 Å². The van der Waals surface area contributed by atoms with E-state index in [2.05, 4.69) is 38.2 Å². The van der Waals surface area contributed by atoms with Crippen molar-refractivity contribution in [1.82, 2.24) is 10.2 Å². The zero-order chi connectivity index (χ0) is 13.8. The highest BCUT2D eigenvalue weighted by molar-refractivity contribution is 7.12. The summed E-state index contributed by atoms with van der Waals surface area (Å²) >= 11 is 1.74. The van der Waals surface area contributed by atoms with E-state index in [9.17, 15) is 4.79 Å². The highest BCUT2D eigenvalue weighted by Gasteiger charge is 2.31. The van der Waals surface area contributed by atoms with E-state index in [0.717, 1.165) is 6.61 Å². The Labute approximate surface area is 118 Å². The van der Waals surface area contributed by atoms with Gasteiger partial charge in [0.1, 0.15) is 6.17 Å². The van der Waals surface area contributed by atoms with E-state index in [4.69, 9.17) is 4.74 Å². The van der Waals surface area contributed by atoms with Crippen LogP contribution in [-0.4, -0.2) is 37.1 Å². The van der Waals surface area contributed by atoms with E-state index in [1.54, 1.807) is 11.3 Å². The van der Waals surface area contributed by atoms with Gasteiger partial charge in [-0.15, -0.1) is 11.3 Å². The van der Waals surface area contributed by atoms with E-state index in [1.165, 1.54) is 9.75 Å². The van der Waals surface area contributed by atoms with Gasteiger partial charge in [0.2, 0.25) is 5.91 Å². The molecular formula is C14H22N2O2S. The fraction of sp³-hybridized carbons (Fsp3) is 0.643. The molecule has 1 aromatic heterocycles. The maximum Gasteiger partial charge on any atom is 0.238 e. The van der Waals surface area contributed by atoms with Crippen LogP contribution < -0.4 is 5.32 Å². The van der Waals surface area contributed by atoms with Crippen LogP contribution in [0.25, 0.3) is 0 Å². The summed E-state index contributed by atoms with van der Waals surface area (Å²) in [5.41, 5.74) is 0. The van der Waals surface area contributed by atoms with Gasteiger partial charge in [0.25, 0.3) is 0 Å². The Morgan fingerprint density at radius 1 is 1.53 bits per heavy atom. The molecule has 1 amide bonds. The van der Waals surface area contributed by atoms with Crippen molar-refractivity contribution in [2.45, 2.75) is 26.9 Å². The lowest BCUT2D eigenvalue weighted by molar-refractivity contribution is -0.128. The summed E-state index contributed by atoms with van der Waals surface area (Å²) in [7, 11) is 0. The number of hydrogen-bond donors (Lipinski definition) is 1. The predicted molar refractivity (Wildman–Crippen MR) is 77.2 cm³/mol. The molecule has 4 nitrogen and oxygen atoms in total. The Morgan fingerprint density at radius 3 is 2.95 bits per heavy atom. The summed E-state index contributed by atoms with van der Waals surface area (Å²) in [5, 5.41) is 3.27. The zero-order valence-corrected chi connectivity index (χ0v) is 12.6. The van der Waals surface area contributed by atoms with Crippen molar-refractivity contribution in [2.24, 2.45) is 5.92 Å². The van der Waals surface area contributed by atoms with Gasteiger partial charge in [-0.3, -0.25) is 10.1 Å². The summed E-state index contributed by atoms with van der Waals surface area (Å²) in [6.45, 7) is 8.76. The highest BCUT2D eigenvalue weighted by Crippen LogP contribution is 2.28. The van der Waals surface area contributed by atoms with Crippen molar-refractivity contribution in [3.8, 4) is 0 Å². The molecule has 106 valence electrons. The van der Waals surface area contributed by atoms with Crippen molar-refractivity contribution >= 4 is 17.2 Å². The molecule has 1 aliphatic heterocycles. The molecule has 2 heterocycles. The van der Waals surface area contributed by atoms with Crippen LogP contribution in [0.4, 0.5) is 0 Å². The number of carbonyl (C=O) groups excluding carboxylic acids is 1. The first-order valence-electron chi connectivity index (χ1n) is 6.75. The molecule has 0 spiro atoms. The van der Waals surface area contributed by atoms with Gasteiger partial charge in [-0.25, -0.2) is 0 Å². The first kappa shape index (κ1) is 14.5. The molecule has 1 N–H and O–H groups in total. The molecule has 1 aliphatic rings. The summed E-state index contributed by atoms with van der Waals surface area (Å²) < 4.78 is 5.58. The standard InChI is InChI=1S/C14H22N2O2S/c1-10(2)9-18-7-6-16-13(17)8-15-14(16)12-5-4-11(3)19-12/h4-5,10,14-15H,6-9H2,1-3H3. The van der Waals surface area contributed by atoms with E-state index >= 15 is 0 Å². The molecule has 0 aliphatic carbocycles. The summed E-state index contributed by atoms with van der Waals surface area (Å²) in [5.74, 6) is 0.687. The second-order valence-corrected chi connectivity index (χ2v) is 6.61. The molecule has 5 heteroatoms. The number of hydrogen-bond acceptors (Lipinski definition) is 4. The average Bonchev–Trinajstić information content (AvgIpc) is 2.91. The van der Waals surface area contributed by atoms with Gasteiger partial charge >= 0.3 is 0 Å². The van der Waals surface area contributed by atoms with Crippen molar-refractivity contribution in [1.29, 1.82) is 0 Å². The third-order valence-electron chi connectivity index (χ3n) is 3.04. The van der Waals surface area contributed by atoms with Crippen LogP contribution in [0.2, 0.25) is 0 Å². The fourth-order valence-corrected chi connectivity index (χ4v) is 3.10. The quantitative estimate of drug-likeness (QED) is 0.813. The molecule has 0 bridgehead atoms. The second-order valence-electron chi connectivity index (χ2n) is 5.29. The van der Waals surface area contributed by atoms with E-state index in [-0.39, 0.29) is 12.1 Å². The Morgan fingerprint density at radius 2 is 2.32 bits per heavy atom. The lowest BCUT2D eigenvalue weighted by Crippen LogP contribution is -2.33. The molecule has 0 saturated carbocycles. The summed E-state index contributed by atoms with van der Waals surface area (Å²) in [6, 6.07) is 4.19. The lowest BCUT2D eigenvalue weighted by Gasteiger charge is -2.23. The van der Waals surface area contributed by atoms with Gasteiger partial charge in [-0.2, -0.15) is 0 Å². The predicted octanol–water partition coefficient (Wildman–Crippen LogP) is 2.16. The maximum absolute atomic E-state index is 11.9. The third-order valence-corrected chi connectivity index (χ3v) is 4.09. The Kier molecular flexibility index (Phi) is 4.96. The number of rotatable bonds is 6. The molecule has 19 heavy (non-hydrogen) atoms. The van der Waals surface area contributed by atoms with Gasteiger partial charge in [0.05, 0.1) is 13.2 Å². The van der Waals surface area contributed by atoms with Crippen LogP contribution in [0, 0.1) is 12.8 Å². The van der Waals surface area contributed by atoms with Gasteiger partial charge in [-0.1, -0.05) is 13.8 Å². The second kappa shape index (κ2) is 6.50. The summed E-state index contributed by atoms with van der Waals surface area (Å²) in [4.78, 5) is 16.3. The molecular weight excluding hydrogens is 260 g/mol. The third kappa shape index (κ3) is 3.78. The minimum Gasteiger partial charge on any atom is -0.379 e. The topological polar surface area (TPSA) is 41.6 Å². The number of nitrogens with zero attached hydrogens (tertiary/aromatic N) is 1. The fourth-order valence-electron chi connectivity index (χ4n) is 2.13. The van der Waals surface area contributed by atoms with Crippen LogP contribution in [0.3, 0.4) is 0 Å². The van der Waals surface area contributed by atoms with Crippen molar-refractivity contribution in [2.75, 3.05) is 26.3 Å². The largest absolute Gasteiger partial charge is 0.379 e. The first-order chi connectivity index (χ1) is 9.08. The lowest BCUT2D eigenvalue weighted by atomic mass is 10.2. The van der Waals surface area contributed by atoms with Gasteiger partial charge in [-0.05, 0) is 25.0 Å². The Bertz CT molecular complexity index is 431. The molecule has 0 aromatic carbocycles. The normalized spacial score (nSPS) is 19.7. The van der Waals surface area contributed by atoms with Gasteiger partial charge in [0.15, 0.2) is 0 Å². The molecule has 0 radical (unpaired) electrons. The van der Waals surface area contributed by atoms with Gasteiger partial charge in [0, 0.05) is 22.9 Å². The molecule has 1 aromatic rings. The SMILES string of the molecule is Cc1ccc(C2NCC(=O)N2CCOCC(C)C)s1. The molecule has 2 rings (SSSR count). The maximum atomic E-state index is 11.9. The molecule has 1 atom stereocenters. The van der Waals surface area contributed by atoms with E-state index in [1.807, 2.05) is 4.90 Å². The molecule has 1 saturated heterocycles.